The molecule has 0 bridgehead atoms. The molecule has 2 N–H and O–H groups in total. The van der Waals surface area contributed by atoms with Gasteiger partial charge in [-0.25, -0.2) is 16.8 Å². The highest BCUT2D eigenvalue weighted by Crippen LogP contribution is 2.36. The van der Waals surface area contributed by atoms with Crippen LogP contribution in [-0.4, -0.2) is 57.5 Å². The third-order valence-electron chi connectivity index (χ3n) is 3.78. The molecule has 114 valence electrons. The average Bonchev–Trinajstić information content (AvgIpc) is 2.76. The SMILES string of the molecule is CCN(C1(CN)CCCC1)S(=O)(=O)CCS(C)(=O)=O. The van der Waals surface area contributed by atoms with Crippen molar-refractivity contribution in [2.75, 3.05) is 30.9 Å². The molecule has 19 heavy (non-hydrogen) atoms. The Labute approximate surface area is 116 Å². The van der Waals surface area contributed by atoms with Gasteiger partial charge in [-0.2, -0.15) is 4.31 Å². The Kier molecular flexibility index (Phi) is 5.39. The van der Waals surface area contributed by atoms with Crippen LogP contribution in [0.25, 0.3) is 0 Å². The molecule has 0 aromatic carbocycles. The molecule has 6 nitrogen and oxygen atoms in total. The zero-order valence-corrected chi connectivity index (χ0v) is 13.3. The second-order valence-electron chi connectivity index (χ2n) is 5.25. The number of rotatable bonds is 7. The van der Waals surface area contributed by atoms with Gasteiger partial charge in [-0.1, -0.05) is 19.8 Å². The van der Waals surface area contributed by atoms with Crippen molar-refractivity contribution < 1.29 is 16.8 Å². The molecule has 0 amide bonds. The van der Waals surface area contributed by atoms with Gasteiger partial charge in [0.2, 0.25) is 10.0 Å². The van der Waals surface area contributed by atoms with Gasteiger partial charge in [0.15, 0.2) is 0 Å². The van der Waals surface area contributed by atoms with E-state index in [-0.39, 0.29) is 11.5 Å². The van der Waals surface area contributed by atoms with Crippen LogP contribution < -0.4 is 5.73 Å². The lowest BCUT2D eigenvalue weighted by Gasteiger charge is -2.38. The van der Waals surface area contributed by atoms with Crippen LogP contribution in [0, 0.1) is 0 Å². The molecule has 1 aliphatic carbocycles. The van der Waals surface area contributed by atoms with Gasteiger partial charge in [-0.15, -0.1) is 0 Å². The highest BCUT2D eigenvalue weighted by Gasteiger charge is 2.43. The summed E-state index contributed by atoms with van der Waals surface area (Å²) in [5, 5.41) is 0. The number of nitrogens with zero attached hydrogens (tertiary/aromatic N) is 1. The molecule has 1 rings (SSSR count). The summed E-state index contributed by atoms with van der Waals surface area (Å²) in [7, 11) is -6.87. The molecule has 0 saturated heterocycles. The van der Waals surface area contributed by atoms with Crippen LogP contribution in [0.5, 0.6) is 0 Å². The van der Waals surface area contributed by atoms with Crippen LogP contribution >= 0.6 is 0 Å². The van der Waals surface area contributed by atoms with Gasteiger partial charge in [0, 0.05) is 24.9 Å². The van der Waals surface area contributed by atoms with Gasteiger partial charge in [-0.05, 0) is 12.8 Å². The van der Waals surface area contributed by atoms with Gasteiger partial charge in [0.25, 0.3) is 0 Å². The molecule has 0 unspecified atom stereocenters. The lowest BCUT2D eigenvalue weighted by Crippen LogP contribution is -2.55. The van der Waals surface area contributed by atoms with E-state index in [2.05, 4.69) is 0 Å². The summed E-state index contributed by atoms with van der Waals surface area (Å²) in [5.41, 5.74) is 5.29. The minimum Gasteiger partial charge on any atom is -0.329 e. The van der Waals surface area contributed by atoms with Crippen LogP contribution in [0.15, 0.2) is 0 Å². The summed E-state index contributed by atoms with van der Waals surface area (Å²) < 4.78 is 48.5. The summed E-state index contributed by atoms with van der Waals surface area (Å²) in [6, 6.07) is 0. The molecule has 0 spiro atoms. The predicted octanol–water partition coefficient (Wildman–Crippen LogP) is -0.0458. The minimum atomic E-state index is -3.59. The molecule has 0 aliphatic heterocycles. The highest BCUT2D eigenvalue weighted by molar-refractivity contribution is 7.93. The molecule has 0 aromatic heterocycles. The van der Waals surface area contributed by atoms with Crippen molar-refractivity contribution in [2.45, 2.75) is 38.1 Å². The van der Waals surface area contributed by atoms with E-state index >= 15 is 0 Å². The normalized spacial score (nSPS) is 20.0. The van der Waals surface area contributed by atoms with Crippen LogP contribution in [0.4, 0.5) is 0 Å². The molecule has 8 heteroatoms. The molecular weight excluding hydrogens is 288 g/mol. The molecule has 1 aliphatic rings. The first kappa shape index (κ1) is 16.9. The van der Waals surface area contributed by atoms with Crippen LogP contribution in [0.2, 0.25) is 0 Å². The van der Waals surface area contributed by atoms with Crippen LogP contribution in [0.1, 0.15) is 32.6 Å². The molecule has 0 radical (unpaired) electrons. The Hall–Kier alpha value is -0.180. The van der Waals surface area contributed by atoms with Crippen molar-refractivity contribution in [1.29, 1.82) is 0 Å². The van der Waals surface area contributed by atoms with Gasteiger partial charge in [0.1, 0.15) is 9.84 Å². The van der Waals surface area contributed by atoms with Crippen molar-refractivity contribution in [3.63, 3.8) is 0 Å². The second-order valence-corrected chi connectivity index (χ2v) is 9.52. The van der Waals surface area contributed by atoms with E-state index in [1.165, 1.54) is 4.31 Å². The van der Waals surface area contributed by atoms with Crippen LogP contribution in [0.3, 0.4) is 0 Å². The van der Waals surface area contributed by atoms with E-state index in [1.807, 2.05) is 0 Å². The van der Waals surface area contributed by atoms with E-state index < -0.39 is 25.4 Å². The van der Waals surface area contributed by atoms with Crippen molar-refractivity contribution >= 4 is 19.9 Å². The van der Waals surface area contributed by atoms with Gasteiger partial charge in [-0.3, -0.25) is 0 Å². The fourth-order valence-electron chi connectivity index (χ4n) is 2.78. The van der Waals surface area contributed by atoms with E-state index in [1.54, 1.807) is 6.92 Å². The second kappa shape index (κ2) is 6.07. The Morgan fingerprint density at radius 2 is 1.63 bits per heavy atom. The number of hydrogen-bond donors (Lipinski definition) is 1. The molecule has 0 heterocycles. The maximum absolute atomic E-state index is 12.4. The first-order valence-electron chi connectivity index (χ1n) is 6.55. The first-order valence-corrected chi connectivity index (χ1v) is 10.2. The largest absolute Gasteiger partial charge is 0.329 e. The number of hydrogen-bond acceptors (Lipinski definition) is 5. The number of likely N-dealkylation sites (N-methyl/N-ethyl adjacent to an activating group) is 1. The highest BCUT2D eigenvalue weighted by atomic mass is 32.2. The molecule has 1 fully saturated rings. The maximum Gasteiger partial charge on any atom is 0.215 e. The lowest BCUT2D eigenvalue weighted by molar-refractivity contribution is 0.205. The van der Waals surface area contributed by atoms with Crippen LogP contribution in [-0.2, 0) is 19.9 Å². The summed E-state index contributed by atoms with van der Waals surface area (Å²) in [6.45, 7) is 2.40. The predicted molar refractivity (Wildman–Crippen MR) is 76.1 cm³/mol. The Morgan fingerprint density at radius 3 is 2.00 bits per heavy atom. The summed E-state index contributed by atoms with van der Waals surface area (Å²) >= 11 is 0. The fraction of sp³-hybridized carbons (Fsp3) is 1.00. The summed E-state index contributed by atoms with van der Waals surface area (Å²) in [6.07, 6.45) is 4.50. The smallest absolute Gasteiger partial charge is 0.215 e. The number of sulfone groups is 1. The van der Waals surface area contributed by atoms with Crippen molar-refractivity contribution in [1.82, 2.24) is 4.31 Å². The lowest BCUT2D eigenvalue weighted by atomic mass is 9.98. The number of sulfonamides is 1. The van der Waals surface area contributed by atoms with Crippen molar-refractivity contribution in [2.24, 2.45) is 5.73 Å². The number of nitrogens with two attached hydrogens (primary N) is 1. The third-order valence-corrected chi connectivity index (χ3v) is 7.02. The average molecular weight is 312 g/mol. The Bertz CT molecular complexity index is 493. The summed E-state index contributed by atoms with van der Waals surface area (Å²) in [5.74, 6) is -0.700. The molecule has 0 aromatic rings. The standard InChI is InChI=1S/C11H24N2O4S2/c1-3-13(11(10-12)6-4-5-7-11)19(16,17)9-8-18(2,14)15/h3-10,12H2,1-2H3. The zero-order valence-electron chi connectivity index (χ0n) is 11.6. The van der Waals surface area contributed by atoms with Gasteiger partial charge >= 0.3 is 0 Å². The molecular formula is C11H24N2O4S2. The van der Waals surface area contributed by atoms with E-state index in [4.69, 9.17) is 5.73 Å². The molecule has 0 atom stereocenters. The van der Waals surface area contributed by atoms with Gasteiger partial charge < -0.3 is 5.73 Å². The first-order chi connectivity index (χ1) is 8.67. The fourth-order valence-corrected chi connectivity index (χ4v) is 6.30. The summed E-state index contributed by atoms with van der Waals surface area (Å²) in [4.78, 5) is 0. The Morgan fingerprint density at radius 1 is 1.11 bits per heavy atom. The van der Waals surface area contributed by atoms with Crippen molar-refractivity contribution in [3.8, 4) is 0 Å². The minimum absolute atomic E-state index is 0.291. The maximum atomic E-state index is 12.4. The van der Waals surface area contributed by atoms with E-state index in [9.17, 15) is 16.8 Å². The third kappa shape index (κ3) is 4.14. The quantitative estimate of drug-likeness (QED) is 0.711. The van der Waals surface area contributed by atoms with Gasteiger partial charge in [0.05, 0.1) is 11.5 Å². The van der Waals surface area contributed by atoms with Crippen molar-refractivity contribution in [3.05, 3.63) is 0 Å². The van der Waals surface area contributed by atoms with E-state index in [0.29, 0.717) is 13.1 Å². The topological polar surface area (TPSA) is 97.5 Å². The molecule has 1 saturated carbocycles. The Balaban J connectivity index is 2.95. The monoisotopic (exact) mass is 312 g/mol. The van der Waals surface area contributed by atoms with E-state index in [0.717, 1.165) is 31.9 Å². The zero-order chi connectivity index (χ0) is 14.7.